The number of ether oxygens (including phenoxy) is 1. The van der Waals surface area contributed by atoms with Crippen LogP contribution in [-0.4, -0.2) is 18.1 Å². The second kappa shape index (κ2) is 9.62. The van der Waals surface area contributed by atoms with Crippen molar-refractivity contribution in [2.24, 2.45) is 5.10 Å². The Hall–Kier alpha value is -3.25. The number of nitrogens with one attached hydrogen (secondary N) is 1. The van der Waals surface area contributed by atoms with Crippen LogP contribution in [0.5, 0.6) is 5.75 Å². The van der Waals surface area contributed by atoms with Crippen molar-refractivity contribution >= 4 is 34.0 Å². The number of esters is 1. The van der Waals surface area contributed by atoms with Gasteiger partial charge in [-0.3, -0.25) is 4.79 Å². The predicted molar refractivity (Wildman–Crippen MR) is 111 cm³/mol. The highest BCUT2D eigenvalue weighted by molar-refractivity contribution is 9.10. The molecular formula is C22H17BrN2O3. The minimum atomic E-state index is -0.415. The molecule has 0 unspecified atom stereocenters. The van der Waals surface area contributed by atoms with Crippen LogP contribution in [0, 0.1) is 0 Å². The molecule has 0 radical (unpaired) electrons. The maximum atomic E-state index is 12.0. The van der Waals surface area contributed by atoms with Gasteiger partial charge in [-0.05, 0) is 59.7 Å². The summed E-state index contributed by atoms with van der Waals surface area (Å²) in [5.41, 5.74) is 4.65. The summed E-state index contributed by atoms with van der Waals surface area (Å²) < 4.78 is 6.28. The average molecular weight is 437 g/mol. The Morgan fingerprint density at radius 1 is 0.929 bits per heavy atom. The van der Waals surface area contributed by atoms with E-state index in [0.29, 0.717) is 11.3 Å². The molecule has 0 aromatic heterocycles. The summed E-state index contributed by atoms with van der Waals surface area (Å²) in [6.07, 6.45) is 1.78. The number of nitrogens with zero attached hydrogens (tertiary/aromatic N) is 1. The molecule has 3 aromatic rings. The molecule has 0 aliphatic rings. The Morgan fingerprint density at radius 3 is 2.29 bits per heavy atom. The molecule has 3 aromatic carbocycles. The third-order valence-corrected chi connectivity index (χ3v) is 4.31. The van der Waals surface area contributed by atoms with Crippen LogP contribution in [0.15, 0.2) is 88.4 Å². The lowest BCUT2D eigenvalue weighted by Gasteiger charge is -2.04. The van der Waals surface area contributed by atoms with Gasteiger partial charge in [0.1, 0.15) is 5.75 Å². The van der Waals surface area contributed by atoms with Gasteiger partial charge in [0, 0.05) is 4.47 Å². The number of hydrazone groups is 1. The molecule has 0 saturated carbocycles. The average Bonchev–Trinajstić information content (AvgIpc) is 2.72. The van der Waals surface area contributed by atoms with Crippen molar-refractivity contribution in [2.45, 2.75) is 6.42 Å². The summed E-state index contributed by atoms with van der Waals surface area (Å²) in [5, 5.41) is 3.95. The van der Waals surface area contributed by atoms with E-state index < -0.39 is 5.97 Å². The molecule has 0 saturated heterocycles. The second-order valence-corrected chi connectivity index (χ2v) is 6.84. The van der Waals surface area contributed by atoms with E-state index in [2.05, 4.69) is 26.5 Å². The lowest BCUT2D eigenvalue weighted by Crippen LogP contribution is -2.19. The van der Waals surface area contributed by atoms with Gasteiger partial charge in [0.2, 0.25) is 5.91 Å². The highest BCUT2D eigenvalue weighted by Crippen LogP contribution is 2.14. The number of hydrogen-bond acceptors (Lipinski definition) is 4. The van der Waals surface area contributed by atoms with E-state index in [9.17, 15) is 9.59 Å². The lowest BCUT2D eigenvalue weighted by molar-refractivity contribution is -0.120. The van der Waals surface area contributed by atoms with Crippen LogP contribution in [0.25, 0.3) is 0 Å². The molecule has 1 amide bonds. The Labute approximate surface area is 171 Å². The molecule has 0 aliphatic carbocycles. The van der Waals surface area contributed by atoms with Gasteiger partial charge in [0.15, 0.2) is 0 Å². The monoisotopic (exact) mass is 436 g/mol. The van der Waals surface area contributed by atoms with Gasteiger partial charge >= 0.3 is 5.97 Å². The molecule has 0 spiro atoms. The van der Waals surface area contributed by atoms with E-state index in [-0.39, 0.29) is 12.3 Å². The minimum absolute atomic E-state index is 0.202. The van der Waals surface area contributed by atoms with Crippen LogP contribution in [0.4, 0.5) is 0 Å². The van der Waals surface area contributed by atoms with Crippen LogP contribution >= 0.6 is 15.9 Å². The number of benzene rings is 3. The first-order valence-electron chi connectivity index (χ1n) is 8.54. The maximum absolute atomic E-state index is 12.0. The molecule has 0 atom stereocenters. The van der Waals surface area contributed by atoms with Crippen molar-refractivity contribution < 1.29 is 14.3 Å². The molecule has 6 heteroatoms. The largest absolute Gasteiger partial charge is 0.423 e. The van der Waals surface area contributed by atoms with E-state index >= 15 is 0 Å². The summed E-state index contributed by atoms with van der Waals surface area (Å²) in [6, 6.07) is 23.2. The van der Waals surface area contributed by atoms with Crippen molar-refractivity contribution in [2.75, 3.05) is 0 Å². The highest BCUT2D eigenvalue weighted by atomic mass is 79.9. The molecule has 28 heavy (non-hydrogen) atoms. The topological polar surface area (TPSA) is 67.8 Å². The zero-order valence-corrected chi connectivity index (χ0v) is 16.4. The number of halogens is 1. The van der Waals surface area contributed by atoms with E-state index in [4.69, 9.17) is 4.74 Å². The standard InChI is InChI=1S/C22H17BrN2O3/c23-19-10-6-16(7-11-19)14-21(26)25-24-15-17-8-12-20(13-9-17)28-22(27)18-4-2-1-3-5-18/h1-13,15H,14H2,(H,25,26)/b24-15+. The summed E-state index contributed by atoms with van der Waals surface area (Å²) in [6.45, 7) is 0. The zero-order chi connectivity index (χ0) is 19.8. The summed E-state index contributed by atoms with van der Waals surface area (Å²) in [5.74, 6) is -0.181. The fraction of sp³-hybridized carbons (Fsp3) is 0.0455. The lowest BCUT2D eigenvalue weighted by atomic mass is 10.1. The van der Waals surface area contributed by atoms with Crippen LogP contribution in [0.2, 0.25) is 0 Å². The van der Waals surface area contributed by atoms with Gasteiger partial charge in [0.25, 0.3) is 0 Å². The predicted octanol–water partition coefficient (Wildman–Crippen LogP) is 4.36. The third-order valence-electron chi connectivity index (χ3n) is 3.78. The minimum Gasteiger partial charge on any atom is -0.423 e. The Bertz CT molecular complexity index is 969. The van der Waals surface area contributed by atoms with Crippen molar-refractivity contribution in [1.29, 1.82) is 0 Å². The van der Waals surface area contributed by atoms with Crippen LogP contribution in [0.1, 0.15) is 21.5 Å². The van der Waals surface area contributed by atoms with Crippen molar-refractivity contribution in [3.05, 3.63) is 100 Å². The van der Waals surface area contributed by atoms with E-state index in [1.165, 1.54) is 6.21 Å². The summed E-state index contributed by atoms with van der Waals surface area (Å²) >= 11 is 3.36. The molecule has 5 nitrogen and oxygen atoms in total. The molecule has 140 valence electrons. The first-order valence-corrected chi connectivity index (χ1v) is 9.33. The summed E-state index contributed by atoms with van der Waals surface area (Å²) in [7, 11) is 0. The number of amides is 1. The van der Waals surface area contributed by atoms with E-state index in [0.717, 1.165) is 15.6 Å². The highest BCUT2D eigenvalue weighted by Gasteiger charge is 2.07. The Morgan fingerprint density at radius 2 is 1.61 bits per heavy atom. The molecule has 0 bridgehead atoms. The zero-order valence-electron chi connectivity index (χ0n) is 14.8. The van der Waals surface area contributed by atoms with Crippen LogP contribution in [0.3, 0.4) is 0 Å². The van der Waals surface area contributed by atoms with Gasteiger partial charge < -0.3 is 4.74 Å². The fourth-order valence-electron chi connectivity index (χ4n) is 2.37. The molecule has 3 rings (SSSR count). The third kappa shape index (κ3) is 5.89. The van der Waals surface area contributed by atoms with E-state index in [1.54, 1.807) is 48.5 Å². The summed E-state index contributed by atoms with van der Waals surface area (Å²) in [4.78, 5) is 23.9. The Kier molecular flexibility index (Phi) is 6.70. The van der Waals surface area contributed by atoms with Crippen LogP contribution < -0.4 is 10.2 Å². The molecule has 1 N–H and O–H groups in total. The second-order valence-electron chi connectivity index (χ2n) is 5.92. The molecule has 0 fully saturated rings. The van der Waals surface area contributed by atoms with Gasteiger partial charge in [-0.2, -0.15) is 5.10 Å². The van der Waals surface area contributed by atoms with E-state index in [1.807, 2.05) is 30.3 Å². The normalized spacial score (nSPS) is 10.6. The first kappa shape index (κ1) is 19.5. The molecule has 0 aliphatic heterocycles. The first-order chi connectivity index (χ1) is 13.6. The molecular weight excluding hydrogens is 420 g/mol. The fourth-order valence-corrected chi connectivity index (χ4v) is 2.63. The van der Waals surface area contributed by atoms with Gasteiger partial charge in [-0.25, -0.2) is 10.2 Å². The number of carbonyl (C=O) groups excluding carboxylic acids is 2. The van der Waals surface area contributed by atoms with Crippen molar-refractivity contribution in [3.8, 4) is 5.75 Å². The SMILES string of the molecule is O=C(Cc1ccc(Br)cc1)N/N=C/c1ccc(OC(=O)c2ccccc2)cc1. The number of hydrogen-bond donors (Lipinski definition) is 1. The van der Waals surface area contributed by atoms with Gasteiger partial charge in [0.05, 0.1) is 18.2 Å². The quantitative estimate of drug-likeness (QED) is 0.270. The Balaban J connectivity index is 1.50. The molecule has 0 heterocycles. The van der Waals surface area contributed by atoms with Crippen molar-refractivity contribution in [1.82, 2.24) is 5.43 Å². The van der Waals surface area contributed by atoms with Gasteiger partial charge in [-0.1, -0.05) is 46.3 Å². The number of rotatable bonds is 6. The smallest absolute Gasteiger partial charge is 0.343 e. The maximum Gasteiger partial charge on any atom is 0.343 e. The van der Waals surface area contributed by atoms with Gasteiger partial charge in [-0.15, -0.1) is 0 Å². The number of carbonyl (C=O) groups is 2. The van der Waals surface area contributed by atoms with Crippen LogP contribution in [-0.2, 0) is 11.2 Å². The van der Waals surface area contributed by atoms with Crippen molar-refractivity contribution in [3.63, 3.8) is 0 Å².